The molecule has 37 heavy (non-hydrogen) atoms. The van der Waals surface area contributed by atoms with Crippen LogP contribution in [0.4, 0.5) is 15.6 Å². The van der Waals surface area contributed by atoms with Crippen LogP contribution in [0.3, 0.4) is 0 Å². The molecule has 0 saturated carbocycles. The van der Waals surface area contributed by atoms with Crippen molar-refractivity contribution in [1.29, 1.82) is 0 Å². The molecule has 1 aliphatic heterocycles. The molecule has 0 bridgehead atoms. The Balaban J connectivity index is 0.00000320. The number of hydrogen-bond donors (Lipinski definition) is 3. The number of carbonyl (C=O) groups is 1. The van der Waals surface area contributed by atoms with Crippen molar-refractivity contribution in [3.8, 4) is 5.75 Å². The molecule has 0 fully saturated rings. The van der Waals surface area contributed by atoms with Crippen molar-refractivity contribution in [2.24, 2.45) is 5.10 Å². The first-order valence-corrected chi connectivity index (χ1v) is 12.9. The fraction of sp³-hybridized carbons (Fsp3) is 0.125. The van der Waals surface area contributed by atoms with E-state index < -0.39 is 23.1 Å². The molecular weight excluding hydrogens is 514 g/mol. The number of phenolic OH excluding ortho intramolecular Hbond substituents is 1. The number of nitrogens with one attached hydrogen (secondary N) is 2. The Hall–Kier alpha value is -4.20. The van der Waals surface area contributed by atoms with E-state index in [1.54, 1.807) is 54.9 Å². The van der Waals surface area contributed by atoms with E-state index in [1.165, 1.54) is 16.3 Å². The van der Waals surface area contributed by atoms with Gasteiger partial charge in [0.2, 0.25) is 5.13 Å². The first kappa shape index (κ1) is 25.9. The maximum atomic E-state index is 13.3. The lowest BCUT2D eigenvalue weighted by Gasteiger charge is -2.23. The Bertz CT molecular complexity index is 1450. The molecule has 2 amide bonds. The second-order valence-corrected chi connectivity index (χ2v) is 10.3. The van der Waals surface area contributed by atoms with Gasteiger partial charge in [0.1, 0.15) is 10.8 Å². The lowest BCUT2D eigenvalue weighted by molar-refractivity contribution is 0.199. The molecule has 3 heterocycles. The van der Waals surface area contributed by atoms with Gasteiger partial charge in [-0.2, -0.15) is 5.10 Å². The van der Waals surface area contributed by atoms with E-state index in [1.807, 2.05) is 25.1 Å². The zero-order valence-electron chi connectivity index (χ0n) is 19.5. The summed E-state index contributed by atoms with van der Waals surface area (Å²) < 4.78 is 15.4. The number of aryl methyl sites for hydroxylation is 1. The molecular formula is C24H23N7O4S2. The van der Waals surface area contributed by atoms with Gasteiger partial charge in [-0.1, -0.05) is 35.6 Å². The first-order chi connectivity index (χ1) is 17.5. The molecule has 2 aromatic carbocycles. The van der Waals surface area contributed by atoms with Crippen LogP contribution in [0.5, 0.6) is 5.75 Å². The van der Waals surface area contributed by atoms with Crippen molar-refractivity contribution in [1.82, 2.24) is 20.2 Å². The summed E-state index contributed by atoms with van der Waals surface area (Å²) in [5.74, 6) is 0.0906. The second kappa shape index (κ2) is 11.2. The van der Waals surface area contributed by atoms with Gasteiger partial charge in [0.15, 0.2) is 11.0 Å². The minimum absolute atomic E-state index is 0. The normalized spacial score (nSPS) is 15.4. The summed E-state index contributed by atoms with van der Waals surface area (Å²) in [7, 11) is -1.52. The van der Waals surface area contributed by atoms with Gasteiger partial charge < -0.3 is 15.9 Å². The molecule has 4 aromatic rings. The number of aromatic hydroxyl groups is 1. The van der Waals surface area contributed by atoms with Crippen molar-refractivity contribution in [3.05, 3.63) is 89.2 Å². The van der Waals surface area contributed by atoms with Crippen molar-refractivity contribution in [2.45, 2.75) is 24.3 Å². The molecule has 2 aromatic heterocycles. The van der Waals surface area contributed by atoms with Crippen LogP contribution < -0.4 is 10.0 Å². The van der Waals surface area contributed by atoms with E-state index in [-0.39, 0.29) is 11.2 Å². The molecule has 5 rings (SSSR count). The minimum atomic E-state index is -1.52. The van der Waals surface area contributed by atoms with Crippen LogP contribution in [-0.4, -0.2) is 46.7 Å². The number of para-hydroxylation sites is 1. The van der Waals surface area contributed by atoms with Crippen molar-refractivity contribution < 1.29 is 19.6 Å². The van der Waals surface area contributed by atoms with Crippen molar-refractivity contribution >= 4 is 44.9 Å². The maximum absolute atomic E-state index is 13.3. The summed E-state index contributed by atoms with van der Waals surface area (Å²) in [6.07, 6.45) is 3.79. The largest absolute Gasteiger partial charge is 0.508 e. The number of hydrogen-bond acceptors (Lipinski definition) is 8. The number of amides is 2. The van der Waals surface area contributed by atoms with E-state index >= 15 is 0 Å². The number of phenols is 1. The predicted octanol–water partition coefficient (Wildman–Crippen LogP) is 3.64. The first-order valence-electron chi connectivity index (χ1n) is 10.9. The average Bonchev–Trinajstić information content (AvgIpc) is 3.52. The van der Waals surface area contributed by atoms with Crippen molar-refractivity contribution in [2.75, 3.05) is 10.0 Å². The molecule has 2 unspecified atom stereocenters. The quantitative estimate of drug-likeness (QED) is 0.340. The standard InChI is InChI=1S/C24H21N7O3S2.H2O/c1-15-27-28-23(35-15)30-36(34)18-10-8-17(9-11-18)26-24(33)31-21(19-6-2-3-7-22(19)32)13-20(29-31)16-5-4-12-25-14-16;/h2-12,14,21,32H,13H2,1H3,(H,26,33)(H,28,30);1H2. The molecule has 0 radical (unpaired) electrons. The second-order valence-electron chi connectivity index (χ2n) is 7.86. The highest BCUT2D eigenvalue weighted by Crippen LogP contribution is 2.37. The monoisotopic (exact) mass is 537 g/mol. The van der Waals surface area contributed by atoms with E-state index in [9.17, 15) is 14.1 Å². The summed E-state index contributed by atoms with van der Waals surface area (Å²) in [6.45, 7) is 1.82. The third kappa shape index (κ3) is 5.80. The summed E-state index contributed by atoms with van der Waals surface area (Å²) in [5.41, 5.74) is 2.60. The molecule has 0 spiro atoms. The highest BCUT2D eigenvalue weighted by atomic mass is 32.2. The van der Waals surface area contributed by atoms with Crippen molar-refractivity contribution in [3.63, 3.8) is 0 Å². The van der Waals surface area contributed by atoms with E-state index in [0.29, 0.717) is 33.4 Å². The number of nitrogens with zero attached hydrogens (tertiary/aromatic N) is 5. The summed E-state index contributed by atoms with van der Waals surface area (Å²) in [6, 6.07) is 16.3. The predicted molar refractivity (Wildman–Crippen MR) is 142 cm³/mol. The molecule has 5 N–H and O–H groups in total. The van der Waals surface area contributed by atoms with Gasteiger partial charge >= 0.3 is 6.03 Å². The Labute approximate surface area is 218 Å². The van der Waals surface area contributed by atoms with Gasteiger partial charge in [0.05, 0.1) is 16.6 Å². The Morgan fingerprint density at radius 3 is 2.57 bits per heavy atom. The molecule has 11 nitrogen and oxygen atoms in total. The van der Waals surface area contributed by atoms with Gasteiger partial charge in [0.25, 0.3) is 0 Å². The van der Waals surface area contributed by atoms with Crippen LogP contribution in [-0.2, 0) is 11.0 Å². The zero-order valence-corrected chi connectivity index (χ0v) is 21.2. The van der Waals surface area contributed by atoms with E-state index in [2.05, 4.69) is 30.3 Å². The van der Waals surface area contributed by atoms with Gasteiger partial charge in [-0.25, -0.2) is 14.0 Å². The van der Waals surface area contributed by atoms with Crippen LogP contribution in [0, 0.1) is 6.92 Å². The fourth-order valence-electron chi connectivity index (χ4n) is 3.74. The number of rotatable bonds is 6. The van der Waals surface area contributed by atoms with Crippen LogP contribution in [0.2, 0.25) is 0 Å². The minimum Gasteiger partial charge on any atom is -0.508 e. The topological polar surface area (TPSA) is 164 Å². The number of urea groups is 1. The molecule has 13 heteroatoms. The number of benzene rings is 2. The smallest absolute Gasteiger partial charge is 0.342 e. The van der Waals surface area contributed by atoms with Crippen LogP contribution in [0.25, 0.3) is 0 Å². The molecule has 2 atom stereocenters. The SMILES string of the molecule is Cc1nnc(NS(=O)c2ccc(NC(=O)N3N=C(c4cccnc4)CC3c3ccccc3O)cc2)s1.O. The third-order valence-corrected chi connectivity index (χ3v) is 7.40. The Morgan fingerprint density at radius 1 is 1.11 bits per heavy atom. The molecule has 190 valence electrons. The average molecular weight is 538 g/mol. The summed E-state index contributed by atoms with van der Waals surface area (Å²) >= 11 is 1.31. The van der Waals surface area contributed by atoms with Gasteiger partial charge in [-0.15, -0.1) is 10.2 Å². The number of hydrazone groups is 1. The highest BCUT2D eigenvalue weighted by molar-refractivity contribution is 7.86. The summed E-state index contributed by atoms with van der Waals surface area (Å²) in [5, 5.41) is 28.2. The van der Waals surface area contributed by atoms with Crippen LogP contribution in [0.1, 0.15) is 28.6 Å². The number of pyridine rings is 1. The van der Waals surface area contributed by atoms with Crippen LogP contribution in [0.15, 0.2) is 83.1 Å². The van der Waals surface area contributed by atoms with E-state index in [0.717, 1.165) is 10.6 Å². The Morgan fingerprint density at radius 2 is 1.89 bits per heavy atom. The zero-order chi connectivity index (χ0) is 25.1. The number of anilines is 2. The number of carbonyl (C=O) groups excluding carboxylic acids is 1. The fourth-order valence-corrected chi connectivity index (χ4v) is 5.27. The molecule has 1 aliphatic rings. The van der Waals surface area contributed by atoms with Gasteiger partial charge in [-0.3, -0.25) is 9.71 Å². The highest BCUT2D eigenvalue weighted by Gasteiger charge is 2.34. The van der Waals surface area contributed by atoms with Crippen LogP contribution >= 0.6 is 11.3 Å². The van der Waals surface area contributed by atoms with Gasteiger partial charge in [-0.05, 0) is 43.3 Å². The maximum Gasteiger partial charge on any atom is 0.342 e. The number of aromatic nitrogens is 3. The third-order valence-electron chi connectivity index (χ3n) is 5.43. The van der Waals surface area contributed by atoms with Gasteiger partial charge in [0, 0.05) is 35.6 Å². The Kier molecular flexibility index (Phi) is 7.86. The van der Waals surface area contributed by atoms with E-state index in [4.69, 9.17) is 0 Å². The lowest BCUT2D eigenvalue weighted by atomic mass is 9.98. The lowest BCUT2D eigenvalue weighted by Crippen LogP contribution is -2.31. The summed E-state index contributed by atoms with van der Waals surface area (Å²) in [4.78, 5) is 17.9. The molecule has 0 saturated heterocycles. The molecule has 0 aliphatic carbocycles.